The maximum atomic E-state index is 12.4. The largest absolute Gasteiger partial charge is 0.494 e. The maximum absolute atomic E-state index is 12.4. The summed E-state index contributed by atoms with van der Waals surface area (Å²) in [5.74, 6) is 1.01. The Kier molecular flexibility index (Phi) is 10.2. The van der Waals surface area contributed by atoms with Crippen LogP contribution in [0.5, 0.6) is 5.75 Å². The number of aromatic nitrogens is 2. The molecule has 0 saturated carbocycles. The van der Waals surface area contributed by atoms with Crippen molar-refractivity contribution in [2.45, 2.75) is 68.5 Å². The second kappa shape index (κ2) is 14.3. The number of H-pyrrole nitrogens is 1. The van der Waals surface area contributed by atoms with E-state index in [0.29, 0.717) is 23.0 Å². The molecule has 0 aliphatic heterocycles. The van der Waals surface area contributed by atoms with Crippen LogP contribution in [0.25, 0.3) is 11.0 Å². The molecule has 4 aromatic rings. The lowest BCUT2D eigenvalue weighted by Gasteiger charge is -2.07. The third-order valence-electron chi connectivity index (χ3n) is 5.91. The van der Waals surface area contributed by atoms with Gasteiger partial charge < -0.3 is 14.1 Å². The molecule has 4 rings (SSSR count). The van der Waals surface area contributed by atoms with Crippen LogP contribution >= 0.6 is 11.8 Å². The Bertz CT molecular complexity index is 1250. The number of carbonyl (C=O) groups excluding carboxylic acids is 1. The molecule has 0 saturated heterocycles. The SMILES string of the molecule is CCCCCCCCCCOc1ccc(C(=O)N/N=C\c2ccc(Sc3nc4ccccc4[nH]3)o2)cc1. The molecule has 194 valence electrons. The van der Waals surface area contributed by atoms with Gasteiger partial charge in [0.25, 0.3) is 5.91 Å². The summed E-state index contributed by atoms with van der Waals surface area (Å²) >= 11 is 1.39. The Morgan fingerprint density at radius 3 is 2.54 bits per heavy atom. The van der Waals surface area contributed by atoms with E-state index in [4.69, 9.17) is 9.15 Å². The molecule has 0 aliphatic carbocycles. The first kappa shape index (κ1) is 26.5. The number of fused-ring (bicyclic) bond motifs is 1. The summed E-state index contributed by atoms with van der Waals surface area (Å²) in [4.78, 5) is 20.2. The van der Waals surface area contributed by atoms with Gasteiger partial charge in [0.1, 0.15) is 11.5 Å². The Morgan fingerprint density at radius 1 is 1.00 bits per heavy atom. The zero-order valence-electron chi connectivity index (χ0n) is 21.2. The topological polar surface area (TPSA) is 92.5 Å². The molecule has 2 N–H and O–H groups in total. The van der Waals surface area contributed by atoms with Crippen molar-refractivity contribution in [1.29, 1.82) is 0 Å². The fourth-order valence-electron chi connectivity index (χ4n) is 3.88. The van der Waals surface area contributed by atoms with Gasteiger partial charge in [0.2, 0.25) is 0 Å². The number of benzene rings is 2. The number of carbonyl (C=O) groups is 1. The van der Waals surface area contributed by atoms with Crippen molar-refractivity contribution in [2.75, 3.05) is 6.61 Å². The lowest BCUT2D eigenvalue weighted by molar-refractivity contribution is 0.0955. The highest BCUT2D eigenvalue weighted by Gasteiger charge is 2.08. The first-order valence-electron chi connectivity index (χ1n) is 13.0. The van der Waals surface area contributed by atoms with E-state index in [1.807, 2.05) is 42.5 Å². The molecule has 2 heterocycles. The molecule has 1 amide bonds. The van der Waals surface area contributed by atoms with Crippen LogP contribution in [0, 0.1) is 0 Å². The van der Waals surface area contributed by atoms with Crippen molar-refractivity contribution < 1.29 is 13.9 Å². The maximum Gasteiger partial charge on any atom is 0.271 e. The van der Waals surface area contributed by atoms with E-state index in [1.54, 1.807) is 18.2 Å². The molecule has 0 unspecified atom stereocenters. The van der Waals surface area contributed by atoms with Gasteiger partial charge in [-0.3, -0.25) is 4.79 Å². The molecule has 2 aromatic carbocycles. The van der Waals surface area contributed by atoms with Gasteiger partial charge >= 0.3 is 0 Å². The van der Waals surface area contributed by atoms with E-state index in [1.165, 1.54) is 62.9 Å². The smallest absolute Gasteiger partial charge is 0.271 e. The molecule has 0 radical (unpaired) electrons. The van der Waals surface area contributed by atoms with Gasteiger partial charge in [-0.05, 0) is 66.7 Å². The van der Waals surface area contributed by atoms with Crippen LogP contribution in [0.1, 0.15) is 74.4 Å². The van der Waals surface area contributed by atoms with Crippen LogP contribution in [0.3, 0.4) is 0 Å². The zero-order valence-corrected chi connectivity index (χ0v) is 22.1. The Labute approximate surface area is 222 Å². The van der Waals surface area contributed by atoms with Gasteiger partial charge in [0.05, 0.1) is 23.9 Å². The number of ether oxygens (including phenoxy) is 1. The van der Waals surface area contributed by atoms with E-state index in [9.17, 15) is 4.79 Å². The number of amides is 1. The molecular formula is C29H34N4O3S. The van der Waals surface area contributed by atoms with Crippen LogP contribution in [0.2, 0.25) is 0 Å². The minimum absolute atomic E-state index is 0.297. The number of furan rings is 1. The molecule has 37 heavy (non-hydrogen) atoms. The molecule has 0 spiro atoms. The quantitative estimate of drug-likeness (QED) is 0.0961. The lowest BCUT2D eigenvalue weighted by Crippen LogP contribution is -2.17. The number of aromatic amines is 1. The fraction of sp³-hybridized carbons (Fsp3) is 0.345. The average molecular weight is 519 g/mol. The molecule has 0 fully saturated rings. The van der Waals surface area contributed by atoms with Crippen molar-refractivity contribution in [2.24, 2.45) is 5.10 Å². The second-order valence-electron chi connectivity index (χ2n) is 8.86. The number of imidazole rings is 1. The summed E-state index contributed by atoms with van der Waals surface area (Å²) in [7, 11) is 0. The van der Waals surface area contributed by atoms with Gasteiger partial charge in [-0.1, -0.05) is 64.0 Å². The molecule has 8 heteroatoms. The molecule has 0 atom stereocenters. The standard InChI is InChI=1S/C29H34N4O3S/c1-2-3-4-5-6-7-8-11-20-35-23-16-14-22(15-17-23)28(34)33-30-21-24-18-19-27(36-24)37-29-31-25-12-9-10-13-26(25)32-29/h9-10,12-19,21H,2-8,11,20H2,1H3,(H,31,32)(H,33,34)/b30-21-. The molecule has 0 bridgehead atoms. The van der Waals surface area contributed by atoms with Crippen LogP contribution < -0.4 is 10.2 Å². The van der Waals surface area contributed by atoms with Crippen molar-refractivity contribution >= 4 is 34.9 Å². The third-order valence-corrected chi connectivity index (χ3v) is 6.72. The minimum atomic E-state index is -0.297. The van der Waals surface area contributed by atoms with Crippen molar-refractivity contribution in [3.05, 3.63) is 72.0 Å². The van der Waals surface area contributed by atoms with Crippen LogP contribution in [-0.2, 0) is 0 Å². The number of hydrazone groups is 1. The fourth-order valence-corrected chi connectivity index (χ4v) is 4.65. The highest BCUT2D eigenvalue weighted by molar-refractivity contribution is 7.99. The third kappa shape index (κ3) is 8.53. The number of nitrogens with one attached hydrogen (secondary N) is 2. The normalized spacial score (nSPS) is 11.4. The first-order valence-corrected chi connectivity index (χ1v) is 13.8. The number of para-hydroxylation sites is 2. The predicted octanol–water partition coefficient (Wildman–Crippen LogP) is 7.59. The molecule has 7 nitrogen and oxygen atoms in total. The van der Waals surface area contributed by atoms with Crippen LogP contribution in [0.4, 0.5) is 0 Å². The summed E-state index contributed by atoms with van der Waals surface area (Å²) in [6, 6.07) is 18.6. The van der Waals surface area contributed by atoms with Crippen LogP contribution in [-0.4, -0.2) is 28.7 Å². The van der Waals surface area contributed by atoms with Crippen LogP contribution in [0.15, 0.2) is 80.4 Å². The Balaban J connectivity index is 1.15. The number of unbranched alkanes of at least 4 members (excludes halogenated alkanes) is 7. The zero-order chi connectivity index (χ0) is 25.7. The number of nitrogens with zero attached hydrogens (tertiary/aromatic N) is 2. The Hall–Kier alpha value is -3.52. The second-order valence-corrected chi connectivity index (χ2v) is 9.86. The van der Waals surface area contributed by atoms with Gasteiger partial charge in [-0.2, -0.15) is 5.10 Å². The Morgan fingerprint density at radius 2 is 1.76 bits per heavy atom. The lowest BCUT2D eigenvalue weighted by atomic mass is 10.1. The predicted molar refractivity (Wildman–Crippen MR) is 149 cm³/mol. The number of hydrogen-bond donors (Lipinski definition) is 2. The molecular weight excluding hydrogens is 484 g/mol. The molecule has 0 aliphatic rings. The molecule has 2 aromatic heterocycles. The minimum Gasteiger partial charge on any atom is -0.494 e. The number of hydrogen-bond acceptors (Lipinski definition) is 6. The van der Waals surface area contributed by atoms with Gasteiger partial charge in [0.15, 0.2) is 10.2 Å². The summed E-state index contributed by atoms with van der Waals surface area (Å²) in [6.45, 7) is 2.94. The van der Waals surface area contributed by atoms with E-state index < -0.39 is 0 Å². The van der Waals surface area contributed by atoms with E-state index in [-0.39, 0.29) is 5.91 Å². The van der Waals surface area contributed by atoms with Crippen molar-refractivity contribution in [3.8, 4) is 5.75 Å². The van der Waals surface area contributed by atoms with Gasteiger partial charge in [-0.15, -0.1) is 0 Å². The summed E-state index contributed by atoms with van der Waals surface area (Å²) in [6.07, 6.45) is 11.6. The van der Waals surface area contributed by atoms with Crippen molar-refractivity contribution in [1.82, 2.24) is 15.4 Å². The summed E-state index contributed by atoms with van der Waals surface area (Å²) < 4.78 is 11.6. The highest BCUT2D eigenvalue weighted by Crippen LogP contribution is 2.28. The van der Waals surface area contributed by atoms with E-state index in [0.717, 1.165) is 28.4 Å². The van der Waals surface area contributed by atoms with Gasteiger partial charge in [-0.25, -0.2) is 10.4 Å². The average Bonchev–Trinajstić information content (AvgIpc) is 3.54. The first-order chi connectivity index (χ1) is 18.2. The summed E-state index contributed by atoms with van der Waals surface area (Å²) in [5.41, 5.74) is 4.93. The number of rotatable bonds is 15. The van der Waals surface area contributed by atoms with E-state index in [2.05, 4.69) is 27.4 Å². The van der Waals surface area contributed by atoms with E-state index >= 15 is 0 Å². The highest BCUT2D eigenvalue weighted by atomic mass is 32.2. The monoisotopic (exact) mass is 518 g/mol. The van der Waals surface area contributed by atoms with Gasteiger partial charge in [0, 0.05) is 5.56 Å². The summed E-state index contributed by atoms with van der Waals surface area (Å²) in [5, 5.41) is 5.44. The van der Waals surface area contributed by atoms with Crippen molar-refractivity contribution in [3.63, 3.8) is 0 Å².